The molecule has 0 aliphatic heterocycles. The van der Waals surface area contributed by atoms with Gasteiger partial charge >= 0.3 is 11.9 Å². The second kappa shape index (κ2) is 20.8. The third-order valence-corrected chi connectivity index (χ3v) is 2.47. The largest absolute Gasteiger partial charge is 0.481 e. The van der Waals surface area contributed by atoms with E-state index in [0.29, 0.717) is 39.3 Å². The Morgan fingerprint density at radius 2 is 0.957 bits per heavy atom. The van der Waals surface area contributed by atoms with Crippen molar-refractivity contribution >= 4 is 11.9 Å². The molecule has 0 unspecified atom stereocenters. The monoisotopic (exact) mass is 336 g/mol. The van der Waals surface area contributed by atoms with Crippen molar-refractivity contribution in [1.82, 2.24) is 0 Å². The Labute approximate surface area is 138 Å². The van der Waals surface area contributed by atoms with Crippen LogP contribution in [0.5, 0.6) is 0 Å². The van der Waals surface area contributed by atoms with Crippen LogP contribution in [0.15, 0.2) is 0 Å². The zero-order valence-corrected chi connectivity index (χ0v) is 14.4. The lowest BCUT2D eigenvalue weighted by Crippen LogP contribution is -2.09. The minimum Gasteiger partial charge on any atom is -0.481 e. The molecule has 0 saturated heterocycles. The molecule has 138 valence electrons. The van der Waals surface area contributed by atoms with Gasteiger partial charge in [-0.25, -0.2) is 0 Å². The summed E-state index contributed by atoms with van der Waals surface area (Å²) in [5, 5.41) is 16.3. The predicted molar refractivity (Wildman–Crippen MR) is 86.8 cm³/mol. The molecular weight excluding hydrogens is 304 g/mol. The van der Waals surface area contributed by atoms with E-state index in [9.17, 15) is 9.59 Å². The molecule has 7 heteroatoms. The number of aliphatic carboxylic acids is 2. The highest BCUT2D eigenvalue weighted by atomic mass is 16.5. The quantitative estimate of drug-likeness (QED) is 0.443. The van der Waals surface area contributed by atoms with Gasteiger partial charge in [0.25, 0.3) is 0 Å². The first-order chi connectivity index (χ1) is 11.0. The van der Waals surface area contributed by atoms with Crippen molar-refractivity contribution in [3.8, 4) is 0 Å². The molecule has 0 aromatic rings. The van der Waals surface area contributed by atoms with Crippen LogP contribution < -0.4 is 0 Å². The molecule has 0 amide bonds. The van der Waals surface area contributed by atoms with Crippen LogP contribution in [0.1, 0.15) is 52.4 Å². The van der Waals surface area contributed by atoms with E-state index in [1.807, 2.05) is 0 Å². The number of hydrogen-bond donors (Lipinski definition) is 2. The van der Waals surface area contributed by atoms with E-state index in [1.165, 1.54) is 0 Å². The molecule has 0 saturated carbocycles. The van der Waals surface area contributed by atoms with Crippen LogP contribution in [-0.4, -0.2) is 61.8 Å². The fourth-order valence-corrected chi connectivity index (χ4v) is 1.38. The van der Waals surface area contributed by atoms with Crippen molar-refractivity contribution in [2.75, 3.05) is 39.6 Å². The predicted octanol–water partition coefficient (Wildman–Crippen LogP) is 2.57. The van der Waals surface area contributed by atoms with E-state index < -0.39 is 11.9 Å². The molecule has 0 aromatic carbocycles. The highest BCUT2D eigenvalue weighted by Gasteiger charge is 1.99. The van der Waals surface area contributed by atoms with Gasteiger partial charge in [-0.05, 0) is 25.7 Å². The van der Waals surface area contributed by atoms with Gasteiger partial charge in [0.15, 0.2) is 0 Å². The number of carboxylic acids is 2. The fourth-order valence-electron chi connectivity index (χ4n) is 1.38. The van der Waals surface area contributed by atoms with Gasteiger partial charge in [0, 0.05) is 26.1 Å². The van der Waals surface area contributed by atoms with E-state index in [2.05, 4.69) is 13.8 Å². The SMILES string of the molecule is CCCOCCOCCOCCC.O=C(O)CCCCC(=O)O. The summed E-state index contributed by atoms with van der Waals surface area (Å²) in [7, 11) is 0. The van der Waals surface area contributed by atoms with Gasteiger partial charge in [-0.2, -0.15) is 0 Å². The number of rotatable bonds is 15. The first-order valence-corrected chi connectivity index (χ1v) is 8.21. The fraction of sp³-hybridized carbons (Fsp3) is 0.875. The Bertz CT molecular complexity index is 243. The molecule has 0 atom stereocenters. The van der Waals surface area contributed by atoms with Crippen molar-refractivity contribution < 1.29 is 34.0 Å². The molecule has 2 N–H and O–H groups in total. The summed E-state index contributed by atoms with van der Waals surface area (Å²) < 4.78 is 15.8. The number of carbonyl (C=O) groups is 2. The lowest BCUT2D eigenvalue weighted by atomic mass is 10.2. The van der Waals surface area contributed by atoms with Crippen LogP contribution in [0, 0.1) is 0 Å². The maximum absolute atomic E-state index is 9.90. The minimum atomic E-state index is -0.870. The normalized spacial score (nSPS) is 10.0. The molecule has 0 heterocycles. The molecule has 0 aliphatic carbocycles. The molecule has 23 heavy (non-hydrogen) atoms. The van der Waals surface area contributed by atoms with Crippen molar-refractivity contribution in [3.63, 3.8) is 0 Å². The van der Waals surface area contributed by atoms with Gasteiger partial charge in [0.05, 0.1) is 26.4 Å². The van der Waals surface area contributed by atoms with E-state index in [4.69, 9.17) is 24.4 Å². The minimum absolute atomic E-state index is 0.0628. The van der Waals surface area contributed by atoms with Crippen molar-refractivity contribution in [2.45, 2.75) is 52.4 Å². The first-order valence-electron chi connectivity index (χ1n) is 8.21. The molecule has 0 bridgehead atoms. The highest BCUT2D eigenvalue weighted by molar-refractivity contribution is 5.67. The van der Waals surface area contributed by atoms with Gasteiger partial charge < -0.3 is 24.4 Å². The summed E-state index contributed by atoms with van der Waals surface area (Å²) in [6.45, 7) is 8.60. The average molecular weight is 336 g/mol. The molecule has 0 fully saturated rings. The van der Waals surface area contributed by atoms with E-state index in [1.54, 1.807) is 0 Å². The van der Waals surface area contributed by atoms with E-state index in [0.717, 1.165) is 26.1 Å². The molecule has 0 spiro atoms. The van der Waals surface area contributed by atoms with Crippen molar-refractivity contribution in [2.24, 2.45) is 0 Å². The van der Waals surface area contributed by atoms with E-state index >= 15 is 0 Å². The number of hydrogen-bond acceptors (Lipinski definition) is 5. The highest BCUT2D eigenvalue weighted by Crippen LogP contribution is 1.98. The summed E-state index contributed by atoms with van der Waals surface area (Å²) in [5.41, 5.74) is 0. The zero-order valence-electron chi connectivity index (χ0n) is 14.4. The summed E-state index contributed by atoms with van der Waals surface area (Å²) in [5.74, 6) is -1.74. The lowest BCUT2D eigenvalue weighted by Gasteiger charge is -2.05. The number of unbranched alkanes of at least 4 members (excludes halogenated alkanes) is 1. The zero-order chi connectivity index (χ0) is 17.8. The summed E-state index contributed by atoms with van der Waals surface area (Å²) in [6.07, 6.45) is 3.16. The van der Waals surface area contributed by atoms with Crippen molar-refractivity contribution in [3.05, 3.63) is 0 Å². The molecule has 0 radical (unpaired) electrons. The van der Waals surface area contributed by atoms with Gasteiger partial charge in [-0.15, -0.1) is 0 Å². The Kier molecular flexibility index (Phi) is 21.8. The molecule has 0 aromatic heterocycles. The summed E-state index contributed by atoms with van der Waals surface area (Å²) in [4.78, 5) is 19.8. The van der Waals surface area contributed by atoms with Gasteiger partial charge in [-0.3, -0.25) is 9.59 Å². The summed E-state index contributed by atoms with van der Waals surface area (Å²) >= 11 is 0. The first kappa shape index (κ1) is 24.1. The van der Waals surface area contributed by atoms with Crippen LogP contribution in [-0.2, 0) is 23.8 Å². The molecule has 0 aliphatic rings. The van der Waals surface area contributed by atoms with Crippen LogP contribution in [0.3, 0.4) is 0 Å². The van der Waals surface area contributed by atoms with Crippen LogP contribution in [0.25, 0.3) is 0 Å². The van der Waals surface area contributed by atoms with Gasteiger partial charge in [0.1, 0.15) is 0 Å². The maximum Gasteiger partial charge on any atom is 0.303 e. The lowest BCUT2D eigenvalue weighted by molar-refractivity contribution is -0.139. The van der Waals surface area contributed by atoms with Gasteiger partial charge in [0.2, 0.25) is 0 Å². The second-order valence-corrected chi connectivity index (χ2v) is 4.83. The molecule has 7 nitrogen and oxygen atoms in total. The second-order valence-electron chi connectivity index (χ2n) is 4.83. The Balaban J connectivity index is 0. The van der Waals surface area contributed by atoms with E-state index in [-0.39, 0.29) is 12.8 Å². The Morgan fingerprint density at radius 1 is 0.652 bits per heavy atom. The van der Waals surface area contributed by atoms with Crippen LogP contribution in [0.2, 0.25) is 0 Å². The molecule has 0 rings (SSSR count). The number of ether oxygens (including phenoxy) is 3. The summed E-state index contributed by atoms with van der Waals surface area (Å²) in [6, 6.07) is 0. The Hall–Kier alpha value is -1.18. The van der Waals surface area contributed by atoms with Crippen molar-refractivity contribution in [1.29, 1.82) is 0 Å². The molecular formula is C16H32O7. The standard InChI is InChI=1S/C10H22O3.C6H10O4/c1-3-5-11-7-9-13-10-8-12-6-4-2;7-5(8)3-1-2-4-6(9)10/h3-10H2,1-2H3;1-4H2,(H,7,8)(H,9,10). The Morgan fingerprint density at radius 3 is 1.22 bits per heavy atom. The maximum atomic E-state index is 9.90. The topological polar surface area (TPSA) is 102 Å². The third-order valence-electron chi connectivity index (χ3n) is 2.47. The smallest absolute Gasteiger partial charge is 0.303 e. The van der Waals surface area contributed by atoms with Gasteiger partial charge in [-0.1, -0.05) is 13.8 Å². The average Bonchev–Trinajstić information content (AvgIpc) is 2.50. The third kappa shape index (κ3) is 29.5. The van der Waals surface area contributed by atoms with Crippen LogP contribution >= 0.6 is 0 Å². The van der Waals surface area contributed by atoms with Crippen LogP contribution in [0.4, 0.5) is 0 Å². The number of carboxylic acid groups (broad SMARTS) is 2.